The van der Waals surface area contributed by atoms with Crippen LogP contribution in [0.5, 0.6) is 0 Å². The Hall–Kier alpha value is -2.44. The molecule has 2 rings (SSSR count). The third-order valence-corrected chi connectivity index (χ3v) is 3.37. The van der Waals surface area contributed by atoms with Crippen LogP contribution in [0.15, 0.2) is 60.7 Å². The molecule has 0 nitrogen and oxygen atoms in total. The SMILES string of the molecule is C(#CCc1ccccc1)CCCCC#CCc1ccccc1. The summed E-state index contributed by atoms with van der Waals surface area (Å²) in [4.78, 5) is 0. The first-order valence-corrected chi connectivity index (χ1v) is 7.94. The van der Waals surface area contributed by atoms with Crippen molar-refractivity contribution in [3.63, 3.8) is 0 Å². The Morgan fingerprint density at radius 1 is 0.500 bits per heavy atom. The molecule has 110 valence electrons. The van der Waals surface area contributed by atoms with Gasteiger partial charge in [-0.15, -0.1) is 11.8 Å². The normalized spacial score (nSPS) is 9.27. The lowest BCUT2D eigenvalue weighted by atomic mass is 10.1. The molecule has 0 aliphatic heterocycles. The molecule has 0 N–H and O–H groups in total. The van der Waals surface area contributed by atoms with Gasteiger partial charge in [-0.2, -0.15) is 0 Å². The fourth-order valence-electron chi connectivity index (χ4n) is 2.12. The number of hydrogen-bond donors (Lipinski definition) is 0. The first kappa shape index (κ1) is 15.9. The predicted octanol–water partition coefficient (Wildman–Crippen LogP) is 5.04. The minimum absolute atomic E-state index is 0.859. The molecule has 0 fully saturated rings. The lowest BCUT2D eigenvalue weighted by molar-refractivity contribution is 0.782. The number of benzene rings is 2. The highest BCUT2D eigenvalue weighted by Gasteiger charge is 1.87. The van der Waals surface area contributed by atoms with Gasteiger partial charge < -0.3 is 0 Å². The summed E-state index contributed by atoms with van der Waals surface area (Å²) in [6.45, 7) is 0. The summed E-state index contributed by atoms with van der Waals surface area (Å²) in [6, 6.07) is 20.8. The number of rotatable bonds is 5. The maximum atomic E-state index is 3.25. The maximum Gasteiger partial charge on any atom is 0.0340 e. The molecule has 0 aromatic heterocycles. The highest BCUT2D eigenvalue weighted by molar-refractivity contribution is 5.21. The Morgan fingerprint density at radius 2 is 0.909 bits per heavy atom. The molecule has 0 aliphatic carbocycles. The van der Waals surface area contributed by atoms with Crippen LogP contribution in [0.3, 0.4) is 0 Å². The van der Waals surface area contributed by atoms with Gasteiger partial charge in [-0.1, -0.05) is 72.5 Å². The molecule has 0 amide bonds. The Morgan fingerprint density at radius 3 is 1.32 bits per heavy atom. The average molecular weight is 286 g/mol. The minimum atomic E-state index is 0.859. The van der Waals surface area contributed by atoms with Crippen LogP contribution in [-0.4, -0.2) is 0 Å². The zero-order valence-electron chi connectivity index (χ0n) is 13.0. The van der Waals surface area contributed by atoms with Gasteiger partial charge in [-0.3, -0.25) is 0 Å². The van der Waals surface area contributed by atoms with Crippen LogP contribution in [0, 0.1) is 23.7 Å². The van der Waals surface area contributed by atoms with Crippen LogP contribution in [0.2, 0.25) is 0 Å². The molecule has 2 aromatic carbocycles. The Kier molecular flexibility index (Phi) is 7.47. The van der Waals surface area contributed by atoms with Crippen LogP contribution >= 0.6 is 0 Å². The van der Waals surface area contributed by atoms with Crippen molar-refractivity contribution >= 4 is 0 Å². The van der Waals surface area contributed by atoms with Gasteiger partial charge in [0.15, 0.2) is 0 Å². The van der Waals surface area contributed by atoms with Gasteiger partial charge in [0.1, 0.15) is 0 Å². The van der Waals surface area contributed by atoms with E-state index >= 15 is 0 Å². The second-order valence-electron chi connectivity index (χ2n) is 5.24. The van der Waals surface area contributed by atoms with E-state index in [0.29, 0.717) is 0 Å². The predicted molar refractivity (Wildman–Crippen MR) is 94.3 cm³/mol. The lowest BCUT2D eigenvalue weighted by Crippen LogP contribution is -1.80. The third kappa shape index (κ3) is 6.83. The largest absolute Gasteiger partial charge is 0.103 e. The highest BCUT2D eigenvalue weighted by Crippen LogP contribution is 2.01. The topological polar surface area (TPSA) is 0 Å². The van der Waals surface area contributed by atoms with Gasteiger partial charge in [-0.05, 0) is 24.0 Å². The molecule has 0 aliphatic rings. The molecule has 0 saturated carbocycles. The highest BCUT2D eigenvalue weighted by atomic mass is 13.9. The maximum absolute atomic E-state index is 3.25. The standard InChI is InChI=1S/C22H22/c1(3-5-9-15-21-17-11-7-12-18-21)2-4-6-10-16-22-19-13-8-14-20-22/h7-8,11-14,17-20H,1-4,15-16H2. The fourth-order valence-corrected chi connectivity index (χ4v) is 2.12. The molecule has 0 radical (unpaired) electrons. The van der Waals surface area contributed by atoms with E-state index in [4.69, 9.17) is 0 Å². The zero-order chi connectivity index (χ0) is 15.3. The number of hydrogen-bond acceptors (Lipinski definition) is 0. The quantitative estimate of drug-likeness (QED) is 0.533. The molecule has 0 heteroatoms. The average Bonchev–Trinajstić information content (AvgIpc) is 2.58. The van der Waals surface area contributed by atoms with Crippen LogP contribution in [-0.2, 0) is 12.8 Å². The number of unbranched alkanes of at least 4 members (excludes halogenated alkanes) is 3. The second-order valence-corrected chi connectivity index (χ2v) is 5.24. The van der Waals surface area contributed by atoms with Gasteiger partial charge in [0, 0.05) is 25.7 Å². The van der Waals surface area contributed by atoms with Crippen molar-refractivity contribution < 1.29 is 0 Å². The van der Waals surface area contributed by atoms with Crippen LogP contribution in [0.25, 0.3) is 0 Å². The van der Waals surface area contributed by atoms with Crippen LogP contribution < -0.4 is 0 Å². The molecule has 0 spiro atoms. The van der Waals surface area contributed by atoms with Gasteiger partial charge in [-0.25, -0.2) is 0 Å². The molecule has 0 atom stereocenters. The molecule has 0 heterocycles. The Labute approximate surface area is 134 Å². The summed E-state index contributed by atoms with van der Waals surface area (Å²) in [5.74, 6) is 13.0. The van der Waals surface area contributed by atoms with Crippen molar-refractivity contribution in [3.05, 3.63) is 71.8 Å². The van der Waals surface area contributed by atoms with E-state index in [1.165, 1.54) is 11.1 Å². The summed E-state index contributed by atoms with van der Waals surface area (Å²) in [6.07, 6.45) is 5.96. The van der Waals surface area contributed by atoms with E-state index in [1.807, 2.05) is 12.1 Å². The minimum Gasteiger partial charge on any atom is -0.103 e. The van der Waals surface area contributed by atoms with Gasteiger partial charge >= 0.3 is 0 Å². The van der Waals surface area contributed by atoms with Crippen LogP contribution in [0.1, 0.15) is 36.8 Å². The van der Waals surface area contributed by atoms with Crippen molar-refractivity contribution in [1.29, 1.82) is 0 Å². The first-order valence-electron chi connectivity index (χ1n) is 7.94. The van der Waals surface area contributed by atoms with E-state index in [2.05, 4.69) is 72.2 Å². The first-order chi connectivity index (χ1) is 10.9. The molecular formula is C22H22. The molecular weight excluding hydrogens is 264 g/mol. The van der Waals surface area contributed by atoms with Gasteiger partial charge in [0.05, 0.1) is 0 Å². The van der Waals surface area contributed by atoms with Crippen LogP contribution in [0.4, 0.5) is 0 Å². The third-order valence-electron chi connectivity index (χ3n) is 3.37. The summed E-state index contributed by atoms with van der Waals surface area (Å²) in [7, 11) is 0. The summed E-state index contributed by atoms with van der Waals surface area (Å²) in [5.41, 5.74) is 2.59. The van der Waals surface area contributed by atoms with Crippen molar-refractivity contribution in [1.82, 2.24) is 0 Å². The fraction of sp³-hybridized carbons (Fsp3) is 0.273. The molecule has 0 unspecified atom stereocenters. The Bertz CT molecular complexity index is 584. The molecule has 0 bridgehead atoms. The summed E-state index contributed by atoms with van der Waals surface area (Å²) >= 11 is 0. The van der Waals surface area contributed by atoms with E-state index in [0.717, 1.165) is 38.5 Å². The summed E-state index contributed by atoms with van der Waals surface area (Å²) < 4.78 is 0. The van der Waals surface area contributed by atoms with Crippen molar-refractivity contribution in [2.45, 2.75) is 38.5 Å². The zero-order valence-corrected chi connectivity index (χ0v) is 13.0. The van der Waals surface area contributed by atoms with Gasteiger partial charge in [0.25, 0.3) is 0 Å². The van der Waals surface area contributed by atoms with E-state index in [-0.39, 0.29) is 0 Å². The molecule has 0 saturated heterocycles. The summed E-state index contributed by atoms with van der Waals surface area (Å²) in [5, 5.41) is 0. The van der Waals surface area contributed by atoms with Gasteiger partial charge in [0.2, 0.25) is 0 Å². The lowest BCUT2D eigenvalue weighted by Gasteiger charge is -1.93. The monoisotopic (exact) mass is 286 g/mol. The second kappa shape index (κ2) is 10.3. The van der Waals surface area contributed by atoms with Crippen molar-refractivity contribution in [2.24, 2.45) is 0 Å². The Balaban J connectivity index is 1.53. The smallest absolute Gasteiger partial charge is 0.0340 e. The molecule has 2 aromatic rings. The van der Waals surface area contributed by atoms with E-state index < -0.39 is 0 Å². The van der Waals surface area contributed by atoms with Crippen molar-refractivity contribution in [3.8, 4) is 23.7 Å². The van der Waals surface area contributed by atoms with E-state index in [1.54, 1.807) is 0 Å². The van der Waals surface area contributed by atoms with E-state index in [9.17, 15) is 0 Å². The van der Waals surface area contributed by atoms with Crippen molar-refractivity contribution in [2.75, 3.05) is 0 Å². The molecule has 22 heavy (non-hydrogen) atoms.